The summed E-state index contributed by atoms with van der Waals surface area (Å²) in [6, 6.07) is 6.92. The van der Waals surface area contributed by atoms with Crippen molar-refractivity contribution in [3.05, 3.63) is 41.8 Å². The summed E-state index contributed by atoms with van der Waals surface area (Å²) >= 11 is 5.69. The molecule has 0 saturated heterocycles. The lowest BCUT2D eigenvalue weighted by molar-refractivity contribution is 0.477. The highest BCUT2D eigenvalue weighted by Crippen LogP contribution is 2.26. The Labute approximate surface area is 86.0 Å². The molecule has 0 radical (unpaired) electrons. The van der Waals surface area contributed by atoms with E-state index in [0.717, 1.165) is 0 Å². The van der Waals surface area contributed by atoms with Crippen LogP contribution < -0.4 is 0 Å². The highest BCUT2D eigenvalue weighted by Gasteiger charge is 2.04. The molecule has 0 unspecified atom stereocenters. The third-order valence-electron chi connectivity index (χ3n) is 1.79. The van der Waals surface area contributed by atoms with Crippen LogP contribution in [0, 0.1) is 0 Å². The van der Waals surface area contributed by atoms with Gasteiger partial charge in [0.25, 0.3) is 0 Å². The molecule has 1 N–H and O–H groups in total. The summed E-state index contributed by atoms with van der Waals surface area (Å²) in [7, 11) is 0. The molecule has 0 atom stereocenters. The lowest BCUT2D eigenvalue weighted by Gasteiger charge is -2.02. The Morgan fingerprint density at radius 2 is 1.93 bits per heavy atom. The van der Waals surface area contributed by atoms with E-state index < -0.39 is 0 Å². The highest BCUT2D eigenvalue weighted by atomic mass is 35.5. The number of aromatic hydroxyl groups is 1. The van der Waals surface area contributed by atoms with Crippen LogP contribution in [0.2, 0.25) is 5.15 Å². The fourth-order valence-corrected chi connectivity index (χ4v) is 1.31. The third-order valence-corrected chi connectivity index (χ3v) is 1.97. The minimum atomic E-state index is 0.170. The van der Waals surface area contributed by atoms with E-state index in [9.17, 15) is 5.11 Å². The van der Waals surface area contributed by atoms with Crippen LogP contribution in [-0.4, -0.2) is 15.1 Å². The standard InChI is InChI=1S/C10H7ClN2O/c11-10-6-12-5-8(13-10)7-3-1-2-4-9(7)14/h1-6,14H. The van der Waals surface area contributed by atoms with Gasteiger partial charge in [0.1, 0.15) is 10.9 Å². The van der Waals surface area contributed by atoms with Crippen molar-refractivity contribution >= 4 is 11.6 Å². The van der Waals surface area contributed by atoms with Gasteiger partial charge in [-0.1, -0.05) is 23.7 Å². The van der Waals surface area contributed by atoms with Crippen LogP contribution >= 0.6 is 11.6 Å². The van der Waals surface area contributed by atoms with Crippen LogP contribution in [0.5, 0.6) is 5.75 Å². The van der Waals surface area contributed by atoms with Crippen LogP contribution in [0.15, 0.2) is 36.7 Å². The molecule has 0 aliphatic rings. The average Bonchev–Trinajstić information content (AvgIpc) is 2.18. The molecule has 0 amide bonds. The van der Waals surface area contributed by atoms with Gasteiger partial charge in [-0.05, 0) is 12.1 Å². The van der Waals surface area contributed by atoms with Gasteiger partial charge in [0, 0.05) is 5.56 Å². The van der Waals surface area contributed by atoms with E-state index >= 15 is 0 Å². The molecule has 70 valence electrons. The van der Waals surface area contributed by atoms with Crippen molar-refractivity contribution in [2.75, 3.05) is 0 Å². The summed E-state index contributed by atoms with van der Waals surface area (Å²) in [6.45, 7) is 0. The maximum Gasteiger partial charge on any atom is 0.148 e. The lowest BCUT2D eigenvalue weighted by Crippen LogP contribution is -1.86. The van der Waals surface area contributed by atoms with Gasteiger partial charge in [0.05, 0.1) is 18.1 Å². The lowest BCUT2D eigenvalue weighted by atomic mass is 10.1. The number of para-hydroxylation sites is 1. The molecule has 14 heavy (non-hydrogen) atoms. The van der Waals surface area contributed by atoms with Crippen LogP contribution in [0.25, 0.3) is 11.3 Å². The summed E-state index contributed by atoms with van der Waals surface area (Å²) in [5.74, 6) is 0.170. The Bertz CT molecular complexity index is 459. The molecule has 2 aromatic rings. The van der Waals surface area contributed by atoms with Gasteiger partial charge >= 0.3 is 0 Å². The number of hydrogen-bond donors (Lipinski definition) is 1. The second kappa shape index (κ2) is 3.64. The van der Waals surface area contributed by atoms with Crippen molar-refractivity contribution in [1.82, 2.24) is 9.97 Å². The van der Waals surface area contributed by atoms with E-state index in [1.807, 2.05) is 6.07 Å². The molecule has 0 fully saturated rings. The minimum absolute atomic E-state index is 0.170. The van der Waals surface area contributed by atoms with Crippen LogP contribution in [0.1, 0.15) is 0 Å². The smallest absolute Gasteiger partial charge is 0.148 e. The molecule has 0 aliphatic heterocycles. The summed E-state index contributed by atoms with van der Waals surface area (Å²) in [4.78, 5) is 7.94. The first-order valence-electron chi connectivity index (χ1n) is 4.03. The van der Waals surface area contributed by atoms with E-state index in [-0.39, 0.29) is 5.75 Å². The monoisotopic (exact) mass is 206 g/mol. The van der Waals surface area contributed by atoms with Crippen molar-refractivity contribution in [3.8, 4) is 17.0 Å². The average molecular weight is 207 g/mol. The first kappa shape index (κ1) is 8.97. The number of phenols is 1. The molecule has 1 aromatic carbocycles. The van der Waals surface area contributed by atoms with Crippen molar-refractivity contribution in [2.45, 2.75) is 0 Å². The number of nitrogens with zero attached hydrogens (tertiary/aromatic N) is 2. The molecule has 0 saturated carbocycles. The number of aromatic nitrogens is 2. The summed E-state index contributed by atoms with van der Waals surface area (Å²) < 4.78 is 0. The van der Waals surface area contributed by atoms with Crippen molar-refractivity contribution in [1.29, 1.82) is 0 Å². The number of halogens is 1. The SMILES string of the molecule is Oc1ccccc1-c1cncc(Cl)n1. The molecular weight excluding hydrogens is 200 g/mol. The van der Waals surface area contributed by atoms with E-state index in [4.69, 9.17) is 11.6 Å². The van der Waals surface area contributed by atoms with Gasteiger partial charge in [0.2, 0.25) is 0 Å². The number of phenolic OH excluding ortho intramolecular Hbond substituents is 1. The molecule has 1 heterocycles. The Balaban J connectivity index is 2.55. The first-order valence-corrected chi connectivity index (χ1v) is 4.41. The van der Waals surface area contributed by atoms with Crippen molar-refractivity contribution in [3.63, 3.8) is 0 Å². The maximum absolute atomic E-state index is 9.54. The molecule has 2 rings (SSSR count). The summed E-state index contributed by atoms with van der Waals surface area (Å²) in [5.41, 5.74) is 1.19. The third kappa shape index (κ3) is 1.67. The van der Waals surface area contributed by atoms with Gasteiger partial charge in [-0.3, -0.25) is 4.98 Å². The van der Waals surface area contributed by atoms with E-state index in [1.54, 1.807) is 24.4 Å². The second-order valence-corrected chi connectivity index (χ2v) is 3.13. The predicted octanol–water partition coefficient (Wildman–Crippen LogP) is 2.50. The van der Waals surface area contributed by atoms with Crippen LogP contribution in [-0.2, 0) is 0 Å². The fraction of sp³-hybridized carbons (Fsp3) is 0. The van der Waals surface area contributed by atoms with Gasteiger partial charge < -0.3 is 5.11 Å². The zero-order valence-corrected chi connectivity index (χ0v) is 7.94. The van der Waals surface area contributed by atoms with Gasteiger partial charge in [0.15, 0.2) is 0 Å². The first-order chi connectivity index (χ1) is 6.77. The quantitative estimate of drug-likeness (QED) is 0.780. The van der Waals surface area contributed by atoms with Crippen LogP contribution in [0.3, 0.4) is 0 Å². The zero-order chi connectivity index (χ0) is 9.97. The Morgan fingerprint density at radius 3 is 2.64 bits per heavy atom. The highest BCUT2D eigenvalue weighted by molar-refractivity contribution is 6.29. The number of rotatable bonds is 1. The molecular formula is C10H7ClN2O. The largest absolute Gasteiger partial charge is 0.507 e. The van der Waals surface area contributed by atoms with Crippen LogP contribution in [0.4, 0.5) is 0 Å². The zero-order valence-electron chi connectivity index (χ0n) is 7.18. The summed E-state index contributed by atoms with van der Waals surface area (Å²) in [5, 5.41) is 9.85. The van der Waals surface area contributed by atoms with Gasteiger partial charge in [-0.15, -0.1) is 0 Å². The predicted molar refractivity (Wildman–Crippen MR) is 54.1 cm³/mol. The van der Waals surface area contributed by atoms with Gasteiger partial charge in [-0.2, -0.15) is 0 Å². The van der Waals surface area contributed by atoms with E-state index in [0.29, 0.717) is 16.4 Å². The van der Waals surface area contributed by atoms with E-state index in [2.05, 4.69) is 9.97 Å². The Kier molecular flexibility index (Phi) is 2.33. The topological polar surface area (TPSA) is 46.0 Å². The number of hydrogen-bond acceptors (Lipinski definition) is 3. The molecule has 4 heteroatoms. The molecule has 1 aromatic heterocycles. The fourth-order valence-electron chi connectivity index (χ4n) is 1.16. The second-order valence-electron chi connectivity index (χ2n) is 2.74. The normalized spacial score (nSPS) is 10.1. The number of benzene rings is 1. The maximum atomic E-state index is 9.54. The summed E-state index contributed by atoms with van der Waals surface area (Å²) in [6.07, 6.45) is 3.01. The molecule has 0 bridgehead atoms. The molecule has 3 nitrogen and oxygen atoms in total. The molecule has 0 spiro atoms. The molecule has 0 aliphatic carbocycles. The minimum Gasteiger partial charge on any atom is -0.507 e. The van der Waals surface area contributed by atoms with Gasteiger partial charge in [-0.25, -0.2) is 4.98 Å². The van der Waals surface area contributed by atoms with Crippen molar-refractivity contribution < 1.29 is 5.11 Å². The Morgan fingerprint density at radius 1 is 1.14 bits per heavy atom. The van der Waals surface area contributed by atoms with Crippen molar-refractivity contribution in [2.24, 2.45) is 0 Å². The Hall–Kier alpha value is -1.61. The van der Waals surface area contributed by atoms with E-state index in [1.165, 1.54) is 6.20 Å².